The van der Waals surface area contributed by atoms with E-state index in [0.29, 0.717) is 18.8 Å². The van der Waals surface area contributed by atoms with Crippen molar-refractivity contribution in [1.82, 2.24) is 14.8 Å². The van der Waals surface area contributed by atoms with Crippen LogP contribution in [0.1, 0.15) is 42.5 Å². The van der Waals surface area contributed by atoms with Crippen LogP contribution in [0.4, 0.5) is 0 Å². The average molecular weight is 334 g/mol. The molecule has 0 aliphatic heterocycles. The van der Waals surface area contributed by atoms with Gasteiger partial charge in [-0.25, -0.2) is 9.67 Å². The van der Waals surface area contributed by atoms with Crippen molar-refractivity contribution in [3.05, 3.63) is 21.6 Å². The Balaban J connectivity index is 2.00. The molecule has 2 aromatic heterocycles. The largest absolute Gasteiger partial charge is 0.391 e. The van der Waals surface area contributed by atoms with Crippen molar-refractivity contribution in [2.45, 2.75) is 58.1 Å². The van der Waals surface area contributed by atoms with Crippen molar-refractivity contribution in [3.63, 3.8) is 0 Å². The Labute approximate surface area is 139 Å². The van der Waals surface area contributed by atoms with E-state index in [1.807, 2.05) is 6.92 Å². The van der Waals surface area contributed by atoms with E-state index in [4.69, 9.17) is 5.73 Å². The van der Waals surface area contributed by atoms with Gasteiger partial charge in [0, 0.05) is 15.8 Å². The number of amides is 1. The third kappa shape index (κ3) is 3.45. The maximum absolute atomic E-state index is 11.2. The maximum Gasteiger partial charge on any atom is 0.225 e. The lowest BCUT2D eigenvalue weighted by molar-refractivity contribution is -0.117. The molecule has 7 heteroatoms. The summed E-state index contributed by atoms with van der Waals surface area (Å²) in [6, 6.07) is 0. The summed E-state index contributed by atoms with van der Waals surface area (Å²) in [5, 5.41) is 16.5. The number of carbonyl (C=O) groups is 1. The van der Waals surface area contributed by atoms with E-state index in [-0.39, 0.29) is 6.42 Å². The molecule has 0 fully saturated rings. The number of carbonyl (C=O) groups excluding carboxylic acids is 1. The molecular weight excluding hydrogens is 312 g/mol. The topological polar surface area (TPSA) is 94.0 Å². The van der Waals surface area contributed by atoms with Gasteiger partial charge in [0.25, 0.3) is 0 Å². The van der Waals surface area contributed by atoms with Crippen molar-refractivity contribution < 1.29 is 9.90 Å². The predicted octanol–water partition coefficient (Wildman–Crippen LogP) is 1.68. The van der Waals surface area contributed by atoms with Crippen LogP contribution in [0, 0.1) is 0 Å². The fraction of sp³-hybridized carbons (Fsp3) is 0.562. The van der Waals surface area contributed by atoms with Crippen LogP contribution >= 0.6 is 11.3 Å². The monoisotopic (exact) mass is 334 g/mol. The first kappa shape index (κ1) is 16.1. The van der Waals surface area contributed by atoms with Gasteiger partial charge < -0.3 is 10.8 Å². The first-order valence-electron chi connectivity index (χ1n) is 8.08. The van der Waals surface area contributed by atoms with Crippen LogP contribution in [0.15, 0.2) is 5.38 Å². The molecule has 2 heterocycles. The third-order valence-corrected chi connectivity index (χ3v) is 5.29. The van der Waals surface area contributed by atoms with Gasteiger partial charge in [0.2, 0.25) is 5.91 Å². The highest BCUT2D eigenvalue weighted by molar-refractivity contribution is 7.10. The predicted molar refractivity (Wildman–Crippen MR) is 89.2 cm³/mol. The van der Waals surface area contributed by atoms with E-state index in [1.165, 1.54) is 23.3 Å². The van der Waals surface area contributed by atoms with Gasteiger partial charge in [0.1, 0.15) is 0 Å². The quantitative estimate of drug-likeness (QED) is 0.840. The molecule has 1 atom stereocenters. The fourth-order valence-electron chi connectivity index (χ4n) is 2.96. The Bertz CT molecular complexity index is 707. The number of rotatable bonds is 6. The molecule has 3 N–H and O–H groups in total. The number of primary amides is 1. The highest BCUT2D eigenvalue weighted by atomic mass is 32.1. The number of nitrogens with two attached hydrogens (primary N) is 1. The van der Waals surface area contributed by atoms with Crippen LogP contribution in [0.3, 0.4) is 0 Å². The summed E-state index contributed by atoms with van der Waals surface area (Å²) in [5.41, 5.74) is 7.71. The zero-order chi connectivity index (χ0) is 16.4. The summed E-state index contributed by atoms with van der Waals surface area (Å²) in [4.78, 5) is 17.1. The minimum absolute atomic E-state index is 0.0224. The van der Waals surface area contributed by atoms with E-state index in [0.717, 1.165) is 24.2 Å². The summed E-state index contributed by atoms with van der Waals surface area (Å²) in [6.07, 6.45) is 4.80. The Hall–Kier alpha value is -1.73. The maximum atomic E-state index is 11.2. The highest BCUT2D eigenvalue weighted by Gasteiger charge is 2.22. The first-order valence-corrected chi connectivity index (χ1v) is 8.96. The molecule has 1 aliphatic carbocycles. The van der Waals surface area contributed by atoms with E-state index >= 15 is 0 Å². The number of hydrogen-bond donors (Lipinski definition) is 2. The lowest BCUT2D eigenvalue weighted by Crippen LogP contribution is -2.18. The lowest BCUT2D eigenvalue weighted by Gasteiger charge is -2.14. The molecule has 1 amide bonds. The van der Waals surface area contributed by atoms with Gasteiger partial charge >= 0.3 is 0 Å². The van der Waals surface area contributed by atoms with Gasteiger partial charge in [0.15, 0.2) is 11.6 Å². The van der Waals surface area contributed by atoms with E-state index in [9.17, 15) is 9.90 Å². The molecule has 6 nitrogen and oxygen atoms in total. The highest BCUT2D eigenvalue weighted by Crippen LogP contribution is 2.35. The zero-order valence-electron chi connectivity index (χ0n) is 13.3. The normalized spacial score (nSPS) is 15.4. The summed E-state index contributed by atoms with van der Waals surface area (Å²) in [6.45, 7) is 2.31. The van der Waals surface area contributed by atoms with Gasteiger partial charge in [-0.05, 0) is 37.7 Å². The van der Waals surface area contributed by atoms with Crippen LogP contribution in [0.25, 0.3) is 11.4 Å². The smallest absolute Gasteiger partial charge is 0.225 e. The van der Waals surface area contributed by atoms with Crippen LogP contribution in [-0.2, 0) is 30.6 Å². The van der Waals surface area contributed by atoms with Crippen molar-refractivity contribution in [3.8, 4) is 11.4 Å². The van der Waals surface area contributed by atoms with E-state index in [2.05, 4.69) is 15.5 Å². The Kier molecular flexibility index (Phi) is 4.77. The molecule has 0 saturated carbocycles. The second-order valence-corrected chi connectivity index (χ2v) is 6.96. The van der Waals surface area contributed by atoms with Crippen molar-refractivity contribution >= 4 is 17.2 Å². The molecule has 1 aliphatic rings. The number of aliphatic hydroxyl groups is 1. The molecule has 0 saturated heterocycles. The molecular formula is C16H22N4O2S. The van der Waals surface area contributed by atoms with Gasteiger partial charge in [0.05, 0.1) is 19.1 Å². The van der Waals surface area contributed by atoms with Gasteiger partial charge in [-0.1, -0.05) is 6.92 Å². The fourth-order valence-corrected chi connectivity index (χ4v) is 4.08. The van der Waals surface area contributed by atoms with Crippen LogP contribution in [-0.4, -0.2) is 31.9 Å². The second kappa shape index (κ2) is 6.80. The molecule has 2 aromatic rings. The number of aromatic nitrogens is 3. The molecule has 23 heavy (non-hydrogen) atoms. The van der Waals surface area contributed by atoms with Crippen molar-refractivity contribution in [2.24, 2.45) is 5.73 Å². The van der Waals surface area contributed by atoms with Crippen LogP contribution in [0.5, 0.6) is 0 Å². The van der Waals surface area contributed by atoms with Gasteiger partial charge in [-0.3, -0.25) is 4.79 Å². The summed E-state index contributed by atoms with van der Waals surface area (Å²) in [7, 11) is 0. The van der Waals surface area contributed by atoms with Crippen LogP contribution in [0.2, 0.25) is 0 Å². The minimum Gasteiger partial charge on any atom is -0.391 e. The average Bonchev–Trinajstić information content (AvgIpc) is 3.10. The number of aliphatic hydroxyl groups excluding tert-OH is 1. The summed E-state index contributed by atoms with van der Waals surface area (Å²) in [5.74, 6) is 0.719. The zero-order valence-corrected chi connectivity index (χ0v) is 14.1. The van der Waals surface area contributed by atoms with Crippen LogP contribution < -0.4 is 5.73 Å². The molecule has 0 aromatic carbocycles. The van der Waals surface area contributed by atoms with E-state index in [1.54, 1.807) is 16.0 Å². The van der Waals surface area contributed by atoms with Gasteiger partial charge in [-0.15, -0.1) is 11.3 Å². The summed E-state index contributed by atoms with van der Waals surface area (Å²) < 4.78 is 1.73. The minimum atomic E-state index is -0.480. The number of aryl methyl sites for hydroxylation is 1. The molecule has 124 valence electrons. The summed E-state index contributed by atoms with van der Waals surface area (Å²) >= 11 is 1.77. The second-order valence-electron chi connectivity index (χ2n) is 6.00. The third-order valence-electron chi connectivity index (χ3n) is 4.21. The number of nitrogens with zero attached hydrogens (tertiary/aromatic N) is 3. The molecule has 1 unspecified atom stereocenters. The Morgan fingerprint density at radius 2 is 2.26 bits per heavy atom. The van der Waals surface area contributed by atoms with Crippen molar-refractivity contribution in [2.75, 3.05) is 0 Å². The molecule has 0 bridgehead atoms. The molecule has 0 spiro atoms. The Morgan fingerprint density at radius 3 is 3.00 bits per heavy atom. The van der Waals surface area contributed by atoms with Gasteiger partial charge in [-0.2, -0.15) is 5.10 Å². The van der Waals surface area contributed by atoms with E-state index < -0.39 is 12.0 Å². The SMILES string of the molecule is CCC(O)Cn1nc(CC(N)=O)nc1-c1csc2c1CCCC2. The molecule has 0 radical (unpaired) electrons. The standard InChI is InChI=1S/C16H22N4O2S/c1-2-10(21)8-20-16(18-15(19-20)7-14(17)22)12-9-23-13-6-4-3-5-11(12)13/h9-10,21H,2-8H2,1H3,(H2,17,22). The lowest BCUT2D eigenvalue weighted by atomic mass is 9.95. The molecule has 3 rings (SSSR count). The number of hydrogen-bond acceptors (Lipinski definition) is 5. The number of fused-ring (bicyclic) bond motifs is 1. The Morgan fingerprint density at radius 1 is 1.48 bits per heavy atom. The first-order chi connectivity index (χ1) is 11.1. The van der Waals surface area contributed by atoms with Crippen molar-refractivity contribution in [1.29, 1.82) is 0 Å². The number of thiophene rings is 1.